The van der Waals surface area contributed by atoms with Crippen molar-refractivity contribution in [2.24, 2.45) is 0 Å². The van der Waals surface area contributed by atoms with Gasteiger partial charge in [-0.25, -0.2) is 4.98 Å². The lowest BCUT2D eigenvalue weighted by Crippen LogP contribution is -2.38. The van der Waals surface area contributed by atoms with Crippen molar-refractivity contribution in [3.05, 3.63) is 132 Å². The zero-order valence-electron chi connectivity index (χ0n) is 21.8. The second-order valence-corrected chi connectivity index (χ2v) is 9.47. The molecule has 0 aliphatic carbocycles. The van der Waals surface area contributed by atoms with Crippen molar-refractivity contribution in [2.75, 3.05) is 19.0 Å². The summed E-state index contributed by atoms with van der Waals surface area (Å²) in [5, 5.41) is 3.25. The highest BCUT2D eigenvalue weighted by Crippen LogP contribution is 2.26. The molecule has 1 heterocycles. The Balaban J connectivity index is 1.43. The summed E-state index contributed by atoms with van der Waals surface area (Å²) < 4.78 is 7.09. The molecular weight excluding hydrogens is 524 g/mol. The Hall–Kier alpha value is -4.88. The lowest BCUT2D eigenvalue weighted by Gasteiger charge is -2.23. The molecule has 8 heteroatoms. The van der Waals surface area contributed by atoms with E-state index in [0.29, 0.717) is 22.2 Å². The number of methoxy groups -OCH3 is 1. The Morgan fingerprint density at radius 3 is 2.20 bits per heavy atom. The molecule has 40 heavy (non-hydrogen) atoms. The van der Waals surface area contributed by atoms with Crippen LogP contribution in [-0.4, -0.2) is 39.9 Å². The molecule has 0 fully saturated rings. The highest BCUT2D eigenvalue weighted by Gasteiger charge is 2.23. The Labute approximate surface area is 237 Å². The molecule has 200 valence electrons. The van der Waals surface area contributed by atoms with Gasteiger partial charge in [-0.15, -0.1) is 0 Å². The summed E-state index contributed by atoms with van der Waals surface area (Å²) in [5.74, 6) is 0.351. The predicted molar refractivity (Wildman–Crippen MR) is 157 cm³/mol. The SMILES string of the molecule is COc1ccc(-c2cn(-c3ccccc3)c(NC(=O)CN(Cc3ccccc3)C(=O)c3ccccc3Cl)n2)cc1. The fraction of sp³-hybridized carbons (Fsp3) is 0.0938. The van der Waals surface area contributed by atoms with Gasteiger partial charge in [-0.3, -0.25) is 19.5 Å². The molecule has 0 radical (unpaired) electrons. The number of para-hydroxylation sites is 1. The first-order valence-corrected chi connectivity index (χ1v) is 13.1. The number of ether oxygens (including phenoxy) is 1. The second-order valence-electron chi connectivity index (χ2n) is 9.06. The number of aromatic nitrogens is 2. The number of hydrogen-bond acceptors (Lipinski definition) is 4. The Bertz CT molecular complexity index is 1600. The van der Waals surface area contributed by atoms with Crippen molar-refractivity contribution >= 4 is 29.4 Å². The van der Waals surface area contributed by atoms with Gasteiger partial charge in [0.25, 0.3) is 5.91 Å². The smallest absolute Gasteiger partial charge is 0.256 e. The summed E-state index contributed by atoms with van der Waals surface area (Å²) in [7, 11) is 1.62. The molecule has 5 aromatic rings. The van der Waals surface area contributed by atoms with E-state index in [-0.39, 0.29) is 24.9 Å². The zero-order chi connectivity index (χ0) is 27.9. The van der Waals surface area contributed by atoms with E-state index >= 15 is 0 Å². The number of nitrogens with one attached hydrogen (secondary N) is 1. The number of nitrogens with zero attached hydrogens (tertiary/aromatic N) is 3. The van der Waals surface area contributed by atoms with Crippen molar-refractivity contribution in [3.63, 3.8) is 0 Å². The molecule has 0 atom stereocenters. The molecule has 0 spiro atoms. The van der Waals surface area contributed by atoms with Gasteiger partial charge in [0.05, 0.1) is 23.4 Å². The molecule has 1 aromatic heterocycles. The van der Waals surface area contributed by atoms with Gasteiger partial charge in [0, 0.05) is 24.0 Å². The monoisotopic (exact) mass is 550 g/mol. The van der Waals surface area contributed by atoms with Crippen molar-refractivity contribution in [3.8, 4) is 22.7 Å². The predicted octanol–water partition coefficient (Wildman–Crippen LogP) is 6.48. The van der Waals surface area contributed by atoms with Crippen LogP contribution >= 0.6 is 11.6 Å². The van der Waals surface area contributed by atoms with Crippen LogP contribution in [-0.2, 0) is 11.3 Å². The van der Waals surface area contributed by atoms with Crippen LogP contribution in [0.5, 0.6) is 5.75 Å². The molecule has 0 aliphatic heterocycles. The van der Waals surface area contributed by atoms with Crippen LogP contribution in [0, 0.1) is 0 Å². The fourth-order valence-corrected chi connectivity index (χ4v) is 4.52. The van der Waals surface area contributed by atoms with Gasteiger partial charge in [-0.05, 0) is 54.1 Å². The van der Waals surface area contributed by atoms with Gasteiger partial charge in [0.2, 0.25) is 11.9 Å². The third-order valence-corrected chi connectivity index (χ3v) is 6.65. The summed E-state index contributed by atoms with van der Waals surface area (Å²) in [6, 6.07) is 33.5. The number of imidazole rings is 1. The number of anilines is 1. The van der Waals surface area contributed by atoms with E-state index in [1.54, 1.807) is 31.4 Å². The van der Waals surface area contributed by atoms with Crippen LogP contribution in [0.2, 0.25) is 5.02 Å². The van der Waals surface area contributed by atoms with Gasteiger partial charge in [-0.1, -0.05) is 72.3 Å². The molecule has 0 unspecified atom stereocenters. The lowest BCUT2D eigenvalue weighted by molar-refractivity contribution is -0.117. The minimum absolute atomic E-state index is 0.196. The van der Waals surface area contributed by atoms with E-state index in [2.05, 4.69) is 5.32 Å². The summed E-state index contributed by atoms with van der Waals surface area (Å²) >= 11 is 6.33. The van der Waals surface area contributed by atoms with Crippen LogP contribution in [0.25, 0.3) is 16.9 Å². The number of halogens is 1. The van der Waals surface area contributed by atoms with E-state index in [1.165, 1.54) is 4.90 Å². The van der Waals surface area contributed by atoms with E-state index in [0.717, 1.165) is 22.6 Å². The Kier molecular flexibility index (Phi) is 8.23. The van der Waals surface area contributed by atoms with Crippen LogP contribution < -0.4 is 10.1 Å². The lowest BCUT2D eigenvalue weighted by atomic mass is 10.1. The van der Waals surface area contributed by atoms with E-state index in [9.17, 15) is 9.59 Å². The maximum Gasteiger partial charge on any atom is 0.256 e. The first-order valence-electron chi connectivity index (χ1n) is 12.7. The molecule has 2 amide bonds. The molecule has 1 N–H and O–H groups in total. The summed E-state index contributed by atoms with van der Waals surface area (Å²) in [6.45, 7) is 0.0427. The quantitative estimate of drug-likeness (QED) is 0.228. The highest BCUT2D eigenvalue weighted by atomic mass is 35.5. The third kappa shape index (κ3) is 6.22. The zero-order valence-corrected chi connectivity index (χ0v) is 22.6. The van der Waals surface area contributed by atoms with E-state index in [1.807, 2.05) is 95.7 Å². The topological polar surface area (TPSA) is 76.5 Å². The van der Waals surface area contributed by atoms with Crippen LogP contribution in [0.4, 0.5) is 5.95 Å². The van der Waals surface area contributed by atoms with Gasteiger partial charge in [0.1, 0.15) is 12.3 Å². The second kappa shape index (κ2) is 12.3. The summed E-state index contributed by atoms with van der Waals surface area (Å²) in [6.07, 6.45) is 1.86. The average molecular weight is 551 g/mol. The maximum absolute atomic E-state index is 13.5. The molecular formula is C32H27ClN4O3. The molecule has 0 saturated carbocycles. The van der Waals surface area contributed by atoms with Crippen molar-refractivity contribution in [2.45, 2.75) is 6.54 Å². The Morgan fingerprint density at radius 1 is 0.875 bits per heavy atom. The average Bonchev–Trinajstić information content (AvgIpc) is 3.41. The minimum atomic E-state index is -0.389. The van der Waals surface area contributed by atoms with Crippen molar-refractivity contribution in [1.29, 1.82) is 0 Å². The number of rotatable bonds is 9. The largest absolute Gasteiger partial charge is 0.497 e. The summed E-state index contributed by atoms with van der Waals surface area (Å²) in [4.78, 5) is 33.2. The van der Waals surface area contributed by atoms with Gasteiger partial charge in [0.15, 0.2) is 0 Å². The molecule has 5 rings (SSSR count). The highest BCUT2D eigenvalue weighted by molar-refractivity contribution is 6.33. The number of hydrogen-bond donors (Lipinski definition) is 1. The number of benzene rings is 4. The first kappa shape index (κ1) is 26.7. The maximum atomic E-state index is 13.5. The summed E-state index contributed by atoms with van der Waals surface area (Å²) in [5.41, 5.74) is 3.60. The fourth-order valence-electron chi connectivity index (χ4n) is 4.30. The number of carbonyl (C=O) groups is 2. The third-order valence-electron chi connectivity index (χ3n) is 6.32. The van der Waals surface area contributed by atoms with Crippen LogP contribution in [0.15, 0.2) is 115 Å². The van der Waals surface area contributed by atoms with Gasteiger partial charge >= 0.3 is 0 Å². The van der Waals surface area contributed by atoms with E-state index in [4.69, 9.17) is 21.3 Å². The molecule has 4 aromatic carbocycles. The molecule has 0 bridgehead atoms. The van der Waals surface area contributed by atoms with Crippen molar-refractivity contribution in [1.82, 2.24) is 14.5 Å². The van der Waals surface area contributed by atoms with Crippen LogP contribution in [0.1, 0.15) is 15.9 Å². The molecule has 0 saturated heterocycles. The van der Waals surface area contributed by atoms with Gasteiger partial charge in [-0.2, -0.15) is 0 Å². The number of amides is 2. The van der Waals surface area contributed by atoms with E-state index < -0.39 is 0 Å². The molecule has 0 aliphatic rings. The Morgan fingerprint density at radius 2 is 1.52 bits per heavy atom. The van der Waals surface area contributed by atoms with Gasteiger partial charge < -0.3 is 9.64 Å². The standard InChI is InChI=1S/C32H27ClN4O3/c1-40-26-18-16-24(17-19-26)29-21-37(25-12-6-3-7-13-25)32(34-29)35-30(38)22-36(20-23-10-4-2-5-11-23)31(39)27-14-8-9-15-28(27)33/h2-19,21H,20,22H2,1H3,(H,34,35,38). The normalized spacial score (nSPS) is 10.7. The van der Waals surface area contributed by atoms with Crippen molar-refractivity contribution < 1.29 is 14.3 Å². The molecule has 7 nitrogen and oxygen atoms in total. The number of carbonyl (C=O) groups excluding carboxylic acids is 2. The van der Waals surface area contributed by atoms with Crippen LogP contribution in [0.3, 0.4) is 0 Å². The first-order chi connectivity index (χ1) is 19.5. The minimum Gasteiger partial charge on any atom is -0.497 e.